The molecule has 1 amide bonds. The minimum atomic E-state index is 0. The van der Waals surface area contributed by atoms with E-state index in [0.717, 1.165) is 23.5 Å². The second-order valence-electron chi connectivity index (χ2n) is 6.61. The Bertz CT molecular complexity index is 512. The van der Waals surface area contributed by atoms with Crippen molar-refractivity contribution in [2.75, 3.05) is 26.7 Å². The summed E-state index contributed by atoms with van der Waals surface area (Å²) in [7, 11) is 1.93. The highest BCUT2D eigenvalue weighted by Gasteiger charge is 2.45. The summed E-state index contributed by atoms with van der Waals surface area (Å²) in [5.74, 6) is 1.03. The van der Waals surface area contributed by atoms with Gasteiger partial charge in [0, 0.05) is 23.5 Å². The molecule has 2 saturated carbocycles. The highest BCUT2D eigenvalue weighted by molar-refractivity contribution is 9.10. The highest BCUT2D eigenvalue weighted by atomic mass is 79.9. The topological polar surface area (TPSA) is 32.3 Å². The van der Waals surface area contributed by atoms with Crippen LogP contribution in [0, 0.1) is 5.92 Å². The second-order valence-corrected chi connectivity index (χ2v) is 7.53. The number of hydrogen-bond donors (Lipinski definition) is 1. The maximum absolute atomic E-state index is 12.2. The van der Waals surface area contributed by atoms with Crippen molar-refractivity contribution >= 4 is 34.2 Å². The Hall–Kier alpha value is -0.580. The first-order valence-electron chi connectivity index (χ1n) is 7.80. The van der Waals surface area contributed by atoms with Crippen LogP contribution in [-0.4, -0.2) is 37.5 Å². The van der Waals surface area contributed by atoms with Gasteiger partial charge in [-0.3, -0.25) is 4.79 Å². The number of benzene rings is 1. The maximum Gasteiger partial charge on any atom is 0.236 e. The number of carbonyl (C=O) groups excluding carboxylic acids is 1. The van der Waals surface area contributed by atoms with E-state index in [1.165, 1.54) is 31.2 Å². The normalized spacial score (nSPS) is 18.5. The highest BCUT2D eigenvalue weighted by Crippen LogP contribution is 2.48. The van der Waals surface area contributed by atoms with Gasteiger partial charge in [-0.05, 0) is 55.8 Å². The molecule has 22 heavy (non-hydrogen) atoms. The fourth-order valence-corrected chi connectivity index (χ4v) is 3.14. The quantitative estimate of drug-likeness (QED) is 0.778. The Morgan fingerprint density at radius 1 is 1.32 bits per heavy atom. The third-order valence-corrected chi connectivity index (χ3v) is 5.21. The molecule has 1 aromatic rings. The molecule has 2 fully saturated rings. The number of nitrogens with one attached hydrogen (secondary N) is 1. The predicted molar refractivity (Wildman–Crippen MR) is 95.5 cm³/mol. The lowest BCUT2D eigenvalue weighted by atomic mass is 9.95. The average Bonchev–Trinajstić information content (AvgIpc) is 3.35. The van der Waals surface area contributed by atoms with Crippen molar-refractivity contribution in [3.05, 3.63) is 34.3 Å². The van der Waals surface area contributed by atoms with Crippen LogP contribution in [0.3, 0.4) is 0 Å². The Morgan fingerprint density at radius 2 is 1.95 bits per heavy atom. The van der Waals surface area contributed by atoms with Crippen LogP contribution >= 0.6 is 28.3 Å². The first-order chi connectivity index (χ1) is 10.1. The first kappa shape index (κ1) is 17.8. The third-order valence-electron chi connectivity index (χ3n) is 4.68. The summed E-state index contributed by atoms with van der Waals surface area (Å²) in [5, 5.41) is 3.28. The molecule has 0 aromatic heterocycles. The molecule has 5 heteroatoms. The van der Waals surface area contributed by atoms with Gasteiger partial charge in [-0.25, -0.2) is 0 Å². The van der Waals surface area contributed by atoms with Gasteiger partial charge in [-0.1, -0.05) is 28.1 Å². The van der Waals surface area contributed by atoms with Crippen LogP contribution in [0.1, 0.15) is 31.2 Å². The van der Waals surface area contributed by atoms with Crippen LogP contribution in [0.4, 0.5) is 0 Å². The van der Waals surface area contributed by atoms with E-state index in [-0.39, 0.29) is 23.7 Å². The molecule has 1 aromatic carbocycles. The molecular weight excluding hydrogens is 364 g/mol. The summed E-state index contributed by atoms with van der Waals surface area (Å²) < 4.78 is 1.11. The van der Waals surface area contributed by atoms with Crippen LogP contribution in [-0.2, 0) is 10.2 Å². The van der Waals surface area contributed by atoms with Crippen molar-refractivity contribution in [1.82, 2.24) is 10.2 Å². The van der Waals surface area contributed by atoms with Gasteiger partial charge in [0.25, 0.3) is 0 Å². The lowest BCUT2D eigenvalue weighted by Gasteiger charge is -2.24. The summed E-state index contributed by atoms with van der Waals surface area (Å²) in [4.78, 5) is 14.1. The van der Waals surface area contributed by atoms with Gasteiger partial charge in [0.2, 0.25) is 5.91 Å². The number of rotatable bonds is 7. The Labute approximate surface area is 147 Å². The number of likely N-dealkylation sites (N-methyl/N-ethyl adjacent to an activating group) is 1. The monoisotopic (exact) mass is 386 g/mol. The fourth-order valence-electron chi connectivity index (χ4n) is 2.87. The van der Waals surface area contributed by atoms with E-state index in [4.69, 9.17) is 0 Å². The molecule has 0 aliphatic heterocycles. The van der Waals surface area contributed by atoms with Gasteiger partial charge in [0.1, 0.15) is 0 Å². The Balaban J connectivity index is 0.00000176. The van der Waals surface area contributed by atoms with Crippen LogP contribution < -0.4 is 5.32 Å². The third kappa shape index (κ3) is 4.46. The maximum atomic E-state index is 12.2. The van der Waals surface area contributed by atoms with E-state index in [1.54, 1.807) is 0 Å². The molecule has 0 saturated heterocycles. The largest absolute Gasteiger partial charge is 0.344 e. The van der Waals surface area contributed by atoms with Crippen LogP contribution in [0.25, 0.3) is 0 Å². The molecular formula is C17H24BrClN2O. The van der Waals surface area contributed by atoms with Crippen molar-refractivity contribution in [3.63, 3.8) is 0 Å². The molecule has 1 N–H and O–H groups in total. The lowest BCUT2D eigenvalue weighted by molar-refractivity contribution is -0.129. The van der Waals surface area contributed by atoms with Gasteiger partial charge in [0.15, 0.2) is 0 Å². The molecule has 3 rings (SSSR count). The minimum absolute atomic E-state index is 0. The summed E-state index contributed by atoms with van der Waals surface area (Å²) in [5.41, 5.74) is 1.55. The summed E-state index contributed by atoms with van der Waals surface area (Å²) >= 11 is 3.48. The molecule has 0 atom stereocenters. The number of hydrogen-bond acceptors (Lipinski definition) is 2. The van der Waals surface area contributed by atoms with E-state index in [0.29, 0.717) is 6.54 Å². The van der Waals surface area contributed by atoms with Crippen LogP contribution in [0.15, 0.2) is 28.7 Å². The number of nitrogens with zero attached hydrogens (tertiary/aromatic N) is 1. The predicted octanol–water partition coefficient (Wildman–Crippen LogP) is 3.36. The van der Waals surface area contributed by atoms with Crippen molar-refractivity contribution in [1.29, 1.82) is 0 Å². The standard InChI is InChI=1S/C17H23BrN2O.ClH/c1-20(16(21)11-19-10-13-2-3-13)12-17(8-9-17)14-4-6-15(18)7-5-14;/h4-7,13,19H,2-3,8-12H2,1H3;1H. The Morgan fingerprint density at radius 3 is 2.50 bits per heavy atom. The van der Waals surface area contributed by atoms with Crippen molar-refractivity contribution in [2.45, 2.75) is 31.1 Å². The molecule has 2 aliphatic rings. The minimum Gasteiger partial charge on any atom is -0.344 e. The van der Waals surface area contributed by atoms with E-state index in [1.807, 2.05) is 11.9 Å². The van der Waals surface area contributed by atoms with Crippen LogP contribution in [0.2, 0.25) is 0 Å². The molecule has 0 radical (unpaired) electrons. The van der Waals surface area contributed by atoms with Gasteiger partial charge in [0.05, 0.1) is 6.54 Å². The molecule has 0 bridgehead atoms. The fraction of sp³-hybridized carbons (Fsp3) is 0.588. The van der Waals surface area contributed by atoms with E-state index < -0.39 is 0 Å². The molecule has 2 aliphatic carbocycles. The number of carbonyl (C=O) groups is 1. The molecule has 3 nitrogen and oxygen atoms in total. The molecule has 0 spiro atoms. The van der Waals surface area contributed by atoms with Gasteiger partial charge in [-0.2, -0.15) is 0 Å². The zero-order valence-electron chi connectivity index (χ0n) is 13.0. The van der Waals surface area contributed by atoms with Crippen molar-refractivity contribution in [3.8, 4) is 0 Å². The smallest absolute Gasteiger partial charge is 0.236 e. The average molecular weight is 388 g/mol. The molecule has 122 valence electrons. The lowest BCUT2D eigenvalue weighted by Crippen LogP contribution is -2.40. The SMILES string of the molecule is CN(CC1(c2ccc(Br)cc2)CC1)C(=O)CNCC1CC1.Cl. The summed E-state index contributed by atoms with van der Waals surface area (Å²) in [6.45, 7) is 2.30. The molecule has 0 unspecified atom stereocenters. The van der Waals surface area contributed by atoms with Gasteiger partial charge in [-0.15, -0.1) is 12.4 Å². The van der Waals surface area contributed by atoms with Gasteiger partial charge >= 0.3 is 0 Å². The zero-order valence-corrected chi connectivity index (χ0v) is 15.4. The number of halogens is 2. The van der Waals surface area contributed by atoms with Crippen molar-refractivity contribution in [2.24, 2.45) is 5.92 Å². The van der Waals surface area contributed by atoms with E-state index in [9.17, 15) is 4.79 Å². The van der Waals surface area contributed by atoms with Gasteiger partial charge < -0.3 is 10.2 Å². The second kappa shape index (κ2) is 7.33. The van der Waals surface area contributed by atoms with Crippen LogP contribution in [0.5, 0.6) is 0 Å². The van der Waals surface area contributed by atoms with E-state index >= 15 is 0 Å². The first-order valence-corrected chi connectivity index (χ1v) is 8.59. The number of amides is 1. The summed E-state index contributed by atoms with van der Waals surface area (Å²) in [6.07, 6.45) is 5.01. The van der Waals surface area contributed by atoms with E-state index in [2.05, 4.69) is 45.5 Å². The summed E-state index contributed by atoms with van der Waals surface area (Å²) in [6, 6.07) is 8.55. The molecule has 0 heterocycles. The zero-order chi connectivity index (χ0) is 14.9. The van der Waals surface area contributed by atoms with Crippen molar-refractivity contribution < 1.29 is 4.79 Å². The Kier molecular flexibility index (Phi) is 5.92.